The van der Waals surface area contributed by atoms with Gasteiger partial charge in [-0.05, 0) is 62.4 Å². The average Bonchev–Trinajstić information content (AvgIpc) is 3.03. The van der Waals surface area contributed by atoms with Gasteiger partial charge in [-0.25, -0.2) is 4.39 Å². The van der Waals surface area contributed by atoms with Crippen LogP contribution in [0.5, 0.6) is 28.7 Å². The van der Waals surface area contributed by atoms with Crippen LogP contribution >= 0.6 is 11.6 Å². The maximum absolute atomic E-state index is 13.5. The van der Waals surface area contributed by atoms with Crippen molar-refractivity contribution in [2.75, 3.05) is 26.4 Å². The number of nitrogens with one attached hydrogen (secondary N) is 1. The summed E-state index contributed by atoms with van der Waals surface area (Å²) in [5, 5.41) is 2.71. The zero-order valence-electron chi connectivity index (χ0n) is 24.4. The molecule has 2 atom stereocenters. The topological polar surface area (TPSA) is 110 Å². The minimum absolute atomic E-state index is 0.121. The summed E-state index contributed by atoms with van der Waals surface area (Å²) in [5.74, 6) is 1.42. The molecule has 0 bridgehead atoms. The Bertz CT molecular complexity index is 1870. The Labute approximate surface area is 262 Å². The summed E-state index contributed by atoms with van der Waals surface area (Å²) in [6.07, 6.45) is 8.11. The van der Waals surface area contributed by atoms with E-state index in [2.05, 4.69) is 10.3 Å². The van der Waals surface area contributed by atoms with Crippen molar-refractivity contribution in [3.63, 3.8) is 0 Å². The molecule has 1 amide bonds. The zero-order valence-corrected chi connectivity index (χ0v) is 25.2. The highest BCUT2D eigenvalue weighted by molar-refractivity contribution is 6.22. The van der Waals surface area contributed by atoms with Gasteiger partial charge in [0.25, 0.3) is 11.5 Å². The van der Waals surface area contributed by atoms with Crippen LogP contribution in [-0.4, -0.2) is 53.3 Å². The number of allylic oxidation sites excluding steroid dienone is 1. The number of fused-ring (bicyclic) bond motifs is 3. The minimum Gasteiger partial charge on any atom is -0.493 e. The van der Waals surface area contributed by atoms with E-state index >= 15 is 0 Å². The molecule has 232 valence electrons. The van der Waals surface area contributed by atoms with Gasteiger partial charge >= 0.3 is 0 Å². The predicted molar refractivity (Wildman–Crippen MR) is 166 cm³/mol. The van der Waals surface area contributed by atoms with Gasteiger partial charge in [0.2, 0.25) is 5.75 Å². The van der Waals surface area contributed by atoms with Crippen LogP contribution < -0.4 is 34.6 Å². The molecule has 12 heteroatoms. The molecule has 3 heterocycles. The van der Waals surface area contributed by atoms with E-state index in [1.807, 2.05) is 6.92 Å². The normalized spacial score (nSPS) is 17.0. The number of ether oxygens (including phenoxy) is 5. The van der Waals surface area contributed by atoms with E-state index in [0.29, 0.717) is 65.2 Å². The van der Waals surface area contributed by atoms with Crippen LogP contribution in [0.2, 0.25) is 0 Å². The number of carbonyl (C=O) groups excluding carboxylic acids is 1. The molecule has 4 aromatic rings. The van der Waals surface area contributed by atoms with Crippen LogP contribution in [0.3, 0.4) is 0 Å². The van der Waals surface area contributed by atoms with E-state index in [1.54, 1.807) is 43.5 Å². The highest BCUT2D eigenvalue weighted by atomic mass is 35.5. The van der Waals surface area contributed by atoms with E-state index in [1.165, 1.54) is 41.1 Å². The summed E-state index contributed by atoms with van der Waals surface area (Å²) >= 11 is 6.70. The van der Waals surface area contributed by atoms with E-state index in [9.17, 15) is 14.0 Å². The standard InChI is InChI=1S/C33H29ClFN3O7/c1-3-41-25-12-14-38(20-7-5-19(35)6-8-20)33(40)29(25)32(39)37-23-10-9-21(17-22(23)34)45-26-11-13-36-24-18-27(42-4-2)30-31(28(24)26)44-16-15-43-30/h5-14,17-18,22-23H,3-4,15-16H2,1-2H3,(H,37,39). The molecule has 2 aromatic carbocycles. The maximum atomic E-state index is 13.5. The first-order valence-corrected chi connectivity index (χ1v) is 14.8. The predicted octanol–water partition coefficient (Wildman–Crippen LogP) is 5.33. The molecule has 0 saturated carbocycles. The summed E-state index contributed by atoms with van der Waals surface area (Å²) in [6, 6.07) is 9.70. The molecule has 0 spiro atoms. The van der Waals surface area contributed by atoms with Gasteiger partial charge in [-0.3, -0.25) is 19.1 Å². The smallest absolute Gasteiger partial charge is 0.271 e. The molecule has 0 saturated heterocycles. The summed E-state index contributed by atoms with van der Waals surface area (Å²) in [6.45, 7) is 5.07. The summed E-state index contributed by atoms with van der Waals surface area (Å²) in [4.78, 5) is 31.4. The molecule has 1 N–H and O–H groups in total. The molecular formula is C33H29ClFN3O7. The number of alkyl halides is 1. The first-order valence-electron chi connectivity index (χ1n) is 14.4. The number of hydrogen-bond donors (Lipinski definition) is 1. The Morgan fingerprint density at radius 2 is 1.78 bits per heavy atom. The van der Waals surface area contributed by atoms with Crippen molar-refractivity contribution in [1.29, 1.82) is 0 Å². The van der Waals surface area contributed by atoms with Crippen molar-refractivity contribution >= 4 is 28.4 Å². The fourth-order valence-corrected chi connectivity index (χ4v) is 5.37. The van der Waals surface area contributed by atoms with Gasteiger partial charge in [0.05, 0.1) is 35.5 Å². The van der Waals surface area contributed by atoms with E-state index in [-0.39, 0.29) is 17.9 Å². The van der Waals surface area contributed by atoms with Gasteiger partial charge < -0.3 is 29.0 Å². The third-order valence-electron chi connectivity index (χ3n) is 7.09. The molecule has 2 unspecified atom stereocenters. The Balaban J connectivity index is 1.24. The number of nitrogens with zero attached hydrogens (tertiary/aromatic N) is 2. The molecule has 2 aliphatic rings. The van der Waals surface area contributed by atoms with Crippen LogP contribution in [0.4, 0.5) is 4.39 Å². The van der Waals surface area contributed by atoms with Crippen molar-refractivity contribution in [2.24, 2.45) is 0 Å². The number of rotatable bonds is 9. The number of pyridine rings is 2. The number of aromatic nitrogens is 2. The van der Waals surface area contributed by atoms with Crippen LogP contribution in [0.25, 0.3) is 16.6 Å². The fraction of sp³-hybridized carbons (Fsp3) is 0.242. The molecule has 6 rings (SSSR count). The third kappa shape index (κ3) is 6.03. The van der Waals surface area contributed by atoms with Crippen molar-refractivity contribution in [2.45, 2.75) is 25.3 Å². The first-order chi connectivity index (χ1) is 21.9. The van der Waals surface area contributed by atoms with Gasteiger partial charge in [-0.1, -0.05) is 6.08 Å². The Kier molecular flexibility index (Phi) is 8.61. The molecule has 2 aromatic heterocycles. The molecule has 0 radical (unpaired) electrons. The van der Waals surface area contributed by atoms with Gasteiger partial charge in [-0.15, -0.1) is 11.6 Å². The number of halogens is 2. The van der Waals surface area contributed by atoms with Crippen molar-refractivity contribution in [1.82, 2.24) is 14.9 Å². The lowest BCUT2D eigenvalue weighted by Crippen LogP contribution is -2.43. The van der Waals surface area contributed by atoms with Crippen LogP contribution in [0.15, 0.2) is 83.6 Å². The summed E-state index contributed by atoms with van der Waals surface area (Å²) in [7, 11) is 0. The lowest BCUT2D eigenvalue weighted by atomic mass is 10.1. The Morgan fingerprint density at radius 3 is 2.51 bits per heavy atom. The summed E-state index contributed by atoms with van der Waals surface area (Å²) < 4.78 is 44.1. The highest BCUT2D eigenvalue weighted by Crippen LogP contribution is 2.48. The number of carbonyl (C=O) groups is 1. The molecule has 45 heavy (non-hydrogen) atoms. The van der Waals surface area contributed by atoms with Crippen LogP contribution in [0.1, 0.15) is 24.2 Å². The van der Waals surface area contributed by atoms with Gasteiger partial charge in [0, 0.05) is 24.1 Å². The van der Waals surface area contributed by atoms with E-state index in [4.69, 9.17) is 35.3 Å². The fourth-order valence-electron chi connectivity index (χ4n) is 5.10. The zero-order chi connectivity index (χ0) is 31.5. The van der Waals surface area contributed by atoms with E-state index in [0.717, 1.165) is 0 Å². The van der Waals surface area contributed by atoms with Crippen molar-refractivity contribution in [3.8, 4) is 34.4 Å². The second kappa shape index (κ2) is 12.9. The lowest BCUT2D eigenvalue weighted by Gasteiger charge is -2.25. The SMILES string of the molecule is CCOc1cc2nccc(OC3=CC(Cl)C(NC(=O)c4c(OCC)ccn(-c5ccc(F)cc5)c4=O)C=C3)c2c2c1OCCO2. The second-order valence-electron chi connectivity index (χ2n) is 9.98. The number of amides is 1. The molecular weight excluding hydrogens is 605 g/mol. The minimum atomic E-state index is -0.723. The number of benzene rings is 2. The second-order valence-corrected chi connectivity index (χ2v) is 10.5. The Hall–Kier alpha value is -5.03. The highest BCUT2D eigenvalue weighted by Gasteiger charge is 2.28. The molecule has 0 fully saturated rings. The largest absolute Gasteiger partial charge is 0.493 e. The molecule has 1 aliphatic heterocycles. The summed E-state index contributed by atoms with van der Waals surface area (Å²) in [5.41, 5.74) is 0.176. The van der Waals surface area contributed by atoms with Crippen molar-refractivity contribution in [3.05, 3.63) is 101 Å². The first kappa shape index (κ1) is 30.0. The monoisotopic (exact) mass is 633 g/mol. The number of hydrogen-bond acceptors (Lipinski definition) is 8. The lowest BCUT2D eigenvalue weighted by molar-refractivity contribution is 0.0938. The van der Waals surface area contributed by atoms with E-state index < -0.39 is 28.7 Å². The average molecular weight is 634 g/mol. The third-order valence-corrected chi connectivity index (χ3v) is 7.49. The van der Waals surface area contributed by atoms with Gasteiger partial charge in [-0.2, -0.15) is 0 Å². The maximum Gasteiger partial charge on any atom is 0.271 e. The van der Waals surface area contributed by atoms with Gasteiger partial charge in [0.1, 0.15) is 41.9 Å². The van der Waals surface area contributed by atoms with Gasteiger partial charge in [0.15, 0.2) is 11.5 Å². The van der Waals surface area contributed by atoms with Crippen molar-refractivity contribution < 1.29 is 32.9 Å². The quantitative estimate of drug-likeness (QED) is 0.246. The Morgan fingerprint density at radius 1 is 1.04 bits per heavy atom. The van der Waals surface area contributed by atoms with Crippen LogP contribution in [0, 0.1) is 5.82 Å². The molecule has 1 aliphatic carbocycles. The molecule has 10 nitrogen and oxygen atoms in total. The van der Waals surface area contributed by atoms with Crippen LogP contribution in [-0.2, 0) is 0 Å².